The molecule has 25 heavy (non-hydrogen) atoms. The van der Waals surface area contributed by atoms with E-state index in [1.807, 2.05) is 43.3 Å². The van der Waals surface area contributed by atoms with Gasteiger partial charge < -0.3 is 19.5 Å². The van der Waals surface area contributed by atoms with Gasteiger partial charge in [0.15, 0.2) is 0 Å². The van der Waals surface area contributed by atoms with Crippen molar-refractivity contribution >= 4 is 11.9 Å². The van der Waals surface area contributed by atoms with E-state index < -0.39 is 29.5 Å². The lowest BCUT2D eigenvalue weighted by Crippen LogP contribution is -2.46. The molecule has 0 aliphatic carbocycles. The van der Waals surface area contributed by atoms with Crippen molar-refractivity contribution in [1.82, 2.24) is 4.90 Å². The van der Waals surface area contributed by atoms with Gasteiger partial charge >= 0.3 is 0 Å². The Morgan fingerprint density at radius 1 is 1.44 bits per heavy atom. The fraction of sp³-hybridized carbons (Fsp3) is 0.400. The van der Waals surface area contributed by atoms with Crippen molar-refractivity contribution in [3.05, 3.63) is 60.7 Å². The van der Waals surface area contributed by atoms with Gasteiger partial charge in [0.05, 0.1) is 24.1 Å². The molecular formula is C20H20NO4-. The Morgan fingerprint density at radius 2 is 2.16 bits per heavy atom. The van der Waals surface area contributed by atoms with Crippen LogP contribution in [0.3, 0.4) is 0 Å². The van der Waals surface area contributed by atoms with E-state index in [4.69, 9.17) is 4.74 Å². The summed E-state index contributed by atoms with van der Waals surface area (Å²) in [6.07, 6.45) is 5.36. The van der Waals surface area contributed by atoms with Gasteiger partial charge in [-0.3, -0.25) is 4.79 Å². The summed E-state index contributed by atoms with van der Waals surface area (Å²) in [7, 11) is 0. The zero-order valence-corrected chi connectivity index (χ0v) is 14.0. The maximum atomic E-state index is 13.3. The number of hydrogen-bond donors (Lipinski definition) is 0. The van der Waals surface area contributed by atoms with Crippen molar-refractivity contribution in [2.24, 2.45) is 11.8 Å². The van der Waals surface area contributed by atoms with E-state index in [-0.39, 0.29) is 18.0 Å². The molecule has 1 aromatic carbocycles. The zero-order chi connectivity index (χ0) is 17.8. The van der Waals surface area contributed by atoms with Gasteiger partial charge in [0.2, 0.25) is 5.91 Å². The van der Waals surface area contributed by atoms with Crippen molar-refractivity contribution in [2.45, 2.75) is 37.1 Å². The molecule has 3 aliphatic rings. The number of carbonyl (C=O) groups excluding carboxylic acids is 2. The highest BCUT2D eigenvalue weighted by molar-refractivity contribution is 5.91. The van der Waals surface area contributed by atoms with Crippen LogP contribution in [0.5, 0.6) is 0 Å². The molecule has 3 aliphatic heterocycles. The van der Waals surface area contributed by atoms with E-state index in [1.165, 1.54) is 0 Å². The molecule has 1 amide bonds. The highest BCUT2D eigenvalue weighted by atomic mass is 16.5. The number of rotatable bonds is 5. The Hall–Kier alpha value is -2.40. The number of aliphatic carboxylic acids is 1. The number of nitrogens with zero attached hydrogens (tertiary/aromatic N) is 1. The Morgan fingerprint density at radius 3 is 2.80 bits per heavy atom. The monoisotopic (exact) mass is 338 g/mol. The third kappa shape index (κ3) is 2.05. The number of amides is 1. The molecule has 0 saturated carbocycles. The molecule has 5 nitrogen and oxygen atoms in total. The molecular weight excluding hydrogens is 318 g/mol. The molecule has 0 N–H and O–H groups in total. The van der Waals surface area contributed by atoms with Crippen molar-refractivity contribution < 1.29 is 19.4 Å². The van der Waals surface area contributed by atoms with Crippen molar-refractivity contribution in [2.75, 3.05) is 0 Å². The van der Waals surface area contributed by atoms with Crippen LogP contribution >= 0.6 is 0 Å². The smallest absolute Gasteiger partial charge is 0.230 e. The molecule has 3 heterocycles. The molecule has 2 saturated heterocycles. The van der Waals surface area contributed by atoms with Gasteiger partial charge in [0, 0.05) is 11.9 Å². The lowest BCUT2D eigenvalue weighted by molar-refractivity contribution is -0.313. The van der Waals surface area contributed by atoms with Gasteiger partial charge in [-0.25, -0.2) is 0 Å². The second-order valence-corrected chi connectivity index (χ2v) is 6.99. The molecule has 2 bridgehead atoms. The predicted octanol–water partition coefficient (Wildman–Crippen LogP) is 1.22. The highest BCUT2D eigenvalue weighted by Gasteiger charge is 2.69. The first kappa shape index (κ1) is 16.1. The summed E-state index contributed by atoms with van der Waals surface area (Å²) in [5.74, 6) is -3.06. The Bertz CT molecular complexity index is 758. The summed E-state index contributed by atoms with van der Waals surface area (Å²) in [5.41, 5.74) is 0.105. The molecule has 0 radical (unpaired) electrons. The van der Waals surface area contributed by atoms with Crippen LogP contribution < -0.4 is 5.11 Å². The second kappa shape index (κ2) is 5.56. The molecule has 4 rings (SSSR count). The molecule has 5 heteroatoms. The summed E-state index contributed by atoms with van der Waals surface area (Å²) in [6.45, 7) is 5.78. The van der Waals surface area contributed by atoms with Gasteiger partial charge in [-0.05, 0) is 18.9 Å². The van der Waals surface area contributed by atoms with E-state index in [0.29, 0.717) is 6.42 Å². The quantitative estimate of drug-likeness (QED) is 0.757. The highest BCUT2D eigenvalue weighted by Crippen LogP contribution is 2.57. The van der Waals surface area contributed by atoms with Crippen LogP contribution in [-0.2, 0) is 14.3 Å². The molecule has 0 unspecified atom stereocenters. The van der Waals surface area contributed by atoms with E-state index >= 15 is 0 Å². The third-order valence-electron chi connectivity index (χ3n) is 5.82. The number of carboxylic acid groups (broad SMARTS) is 1. The molecule has 1 spiro atoms. The summed E-state index contributed by atoms with van der Waals surface area (Å²) in [6, 6.07) is 9.27. The van der Waals surface area contributed by atoms with E-state index in [9.17, 15) is 14.7 Å². The molecule has 6 atom stereocenters. The van der Waals surface area contributed by atoms with Crippen LogP contribution in [0.25, 0.3) is 0 Å². The number of hydrogen-bond acceptors (Lipinski definition) is 4. The average Bonchev–Trinajstić information content (AvgIpc) is 3.24. The first-order valence-electron chi connectivity index (χ1n) is 8.57. The summed E-state index contributed by atoms with van der Waals surface area (Å²) in [5, 5.41) is 11.7. The lowest BCUT2D eigenvalue weighted by atomic mass is 9.74. The number of benzene rings is 1. The van der Waals surface area contributed by atoms with Crippen LogP contribution in [0, 0.1) is 11.8 Å². The van der Waals surface area contributed by atoms with Crippen molar-refractivity contribution in [1.29, 1.82) is 0 Å². The fourth-order valence-electron chi connectivity index (χ4n) is 4.75. The zero-order valence-electron chi connectivity index (χ0n) is 14.0. The number of likely N-dealkylation sites (tertiary alicyclic amines) is 1. The maximum absolute atomic E-state index is 13.3. The average molecular weight is 338 g/mol. The summed E-state index contributed by atoms with van der Waals surface area (Å²) < 4.78 is 6.07. The van der Waals surface area contributed by atoms with Crippen LogP contribution in [0.1, 0.15) is 24.9 Å². The molecule has 2 fully saturated rings. The summed E-state index contributed by atoms with van der Waals surface area (Å²) >= 11 is 0. The minimum atomic E-state index is -1.22. The SMILES string of the molecule is C=CC[C@H]1N([C@@H](C)c2ccccc2)C(=O)[C@@H]2[C@@H](C(=O)[O-])[C@@H]3C=C[C@]21O3. The van der Waals surface area contributed by atoms with Crippen molar-refractivity contribution in [3.63, 3.8) is 0 Å². The standard InChI is InChI=1S/C20H21NO4/c1-3-7-15-20-11-10-14(25-20)16(19(23)24)17(20)18(22)21(15)12(2)13-8-5-4-6-9-13/h3-6,8-12,14-17H,1,7H2,2H3,(H,23,24)/p-1/t12-,14-,15+,16-,17-,20+/m0/s1. The van der Waals surface area contributed by atoms with Gasteiger partial charge in [0.25, 0.3) is 0 Å². The normalized spacial score (nSPS) is 36.5. The van der Waals surface area contributed by atoms with Crippen LogP contribution in [-0.4, -0.2) is 34.5 Å². The molecule has 1 aromatic rings. The Kier molecular flexibility index (Phi) is 3.58. The number of ether oxygens (including phenoxy) is 1. The predicted molar refractivity (Wildman–Crippen MR) is 89.0 cm³/mol. The summed E-state index contributed by atoms with van der Waals surface area (Å²) in [4.78, 5) is 26.7. The first-order valence-corrected chi connectivity index (χ1v) is 8.57. The third-order valence-corrected chi connectivity index (χ3v) is 5.82. The second-order valence-electron chi connectivity index (χ2n) is 6.99. The Balaban J connectivity index is 1.78. The van der Waals surface area contributed by atoms with Crippen LogP contribution in [0.2, 0.25) is 0 Å². The number of carbonyl (C=O) groups is 2. The van der Waals surface area contributed by atoms with E-state index in [0.717, 1.165) is 5.56 Å². The largest absolute Gasteiger partial charge is 0.550 e. The Labute approximate surface area is 146 Å². The van der Waals surface area contributed by atoms with E-state index in [1.54, 1.807) is 17.1 Å². The van der Waals surface area contributed by atoms with Crippen molar-refractivity contribution in [3.8, 4) is 0 Å². The van der Waals surface area contributed by atoms with Crippen LogP contribution in [0.4, 0.5) is 0 Å². The fourth-order valence-corrected chi connectivity index (χ4v) is 4.75. The first-order chi connectivity index (χ1) is 12.0. The van der Waals surface area contributed by atoms with Gasteiger partial charge in [0.1, 0.15) is 5.60 Å². The topological polar surface area (TPSA) is 69.7 Å². The molecule has 0 aromatic heterocycles. The maximum Gasteiger partial charge on any atom is 0.230 e. The van der Waals surface area contributed by atoms with Gasteiger partial charge in [-0.2, -0.15) is 0 Å². The van der Waals surface area contributed by atoms with E-state index in [2.05, 4.69) is 6.58 Å². The molecule has 130 valence electrons. The van der Waals surface area contributed by atoms with Gasteiger partial charge in [-0.15, -0.1) is 6.58 Å². The lowest BCUT2D eigenvalue weighted by Gasteiger charge is -2.36. The minimum Gasteiger partial charge on any atom is -0.550 e. The number of fused-ring (bicyclic) bond motifs is 1. The number of carboxylic acids is 1. The van der Waals surface area contributed by atoms with Gasteiger partial charge in [-0.1, -0.05) is 48.6 Å². The minimum absolute atomic E-state index is 0.177. The van der Waals surface area contributed by atoms with Crippen LogP contribution in [0.15, 0.2) is 55.1 Å².